The van der Waals surface area contributed by atoms with Gasteiger partial charge in [-0.25, -0.2) is 4.79 Å². The van der Waals surface area contributed by atoms with Crippen LogP contribution >= 0.6 is 0 Å². The number of carbonyl (C=O) groups excluding carboxylic acids is 1. The van der Waals surface area contributed by atoms with Gasteiger partial charge in [0.1, 0.15) is 5.60 Å². The molecular formula is C33H46N2O3. The Balaban J connectivity index is 1.93. The Kier molecular flexibility index (Phi) is 11.2. The first-order chi connectivity index (χ1) is 18.1. The number of aliphatic hydroxyl groups excluding tert-OH is 1. The Morgan fingerprint density at radius 2 is 1.55 bits per heavy atom. The fourth-order valence-electron chi connectivity index (χ4n) is 4.83. The third kappa shape index (κ3) is 10.1. The van der Waals surface area contributed by atoms with Crippen LogP contribution in [0.2, 0.25) is 0 Å². The van der Waals surface area contributed by atoms with E-state index in [4.69, 9.17) is 4.74 Å². The summed E-state index contributed by atoms with van der Waals surface area (Å²) < 4.78 is 5.72. The van der Waals surface area contributed by atoms with Crippen LogP contribution in [0, 0.1) is 5.92 Å². The van der Waals surface area contributed by atoms with Crippen LogP contribution in [0.3, 0.4) is 0 Å². The molecule has 5 heteroatoms. The van der Waals surface area contributed by atoms with Gasteiger partial charge in [-0.05, 0) is 62.7 Å². The van der Waals surface area contributed by atoms with Crippen LogP contribution < -0.4 is 0 Å². The molecule has 0 aliphatic heterocycles. The molecule has 2 unspecified atom stereocenters. The molecule has 206 valence electrons. The minimum Gasteiger partial charge on any atom is -0.444 e. The second-order valence-electron chi connectivity index (χ2n) is 11.8. The van der Waals surface area contributed by atoms with E-state index in [1.807, 2.05) is 45.0 Å². The van der Waals surface area contributed by atoms with Crippen molar-refractivity contribution in [2.24, 2.45) is 5.92 Å². The second-order valence-corrected chi connectivity index (χ2v) is 11.8. The summed E-state index contributed by atoms with van der Waals surface area (Å²) in [6.07, 6.45) is 8.38. The molecule has 0 saturated carbocycles. The summed E-state index contributed by atoms with van der Waals surface area (Å²) in [6.45, 7) is 12.0. The van der Waals surface area contributed by atoms with Gasteiger partial charge in [-0.15, -0.1) is 0 Å². The van der Waals surface area contributed by atoms with E-state index in [-0.39, 0.29) is 24.6 Å². The standard InChI is InChI=1S/C33H46N2O3/c1-26(2)22-35(32(37)38-33(3,4)5)25-31(36)30(21-27-15-9-6-10-16-27)34(23-28-17-11-7-12-18-28)24-29-19-13-8-14-20-29/h6-7,9-13,15-20,26,30-31,36H,8,14,21-25H2,1-5H3. The van der Waals surface area contributed by atoms with Gasteiger partial charge in [-0.3, -0.25) is 4.90 Å². The van der Waals surface area contributed by atoms with Crippen molar-refractivity contribution in [2.45, 2.75) is 78.2 Å². The number of amides is 1. The van der Waals surface area contributed by atoms with E-state index in [9.17, 15) is 9.90 Å². The van der Waals surface area contributed by atoms with Crippen LogP contribution in [-0.2, 0) is 17.7 Å². The third-order valence-corrected chi connectivity index (χ3v) is 6.53. The molecule has 0 bridgehead atoms. The molecule has 5 nitrogen and oxygen atoms in total. The van der Waals surface area contributed by atoms with Crippen LogP contribution in [-0.4, -0.2) is 58.4 Å². The molecule has 0 spiro atoms. The van der Waals surface area contributed by atoms with Gasteiger partial charge in [0.15, 0.2) is 0 Å². The Hall–Kier alpha value is -2.89. The molecule has 1 aliphatic carbocycles. The fourth-order valence-corrected chi connectivity index (χ4v) is 4.83. The topological polar surface area (TPSA) is 53.0 Å². The molecular weight excluding hydrogens is 472 g/mol. The van der Waals surface area contributed by atoms with Gasteiger partial charge in [0.2, 0.25) is 0 Å². The number of carbonyl (C=O) groups is 1. The maximum Gasteiger partial charge on any atom is 0.410 e. The Bertz CT molecular complexity index is 1040. The smallest absolute Gasteiger partial charge is 0.410 e. The molecule has 2 aromatic rings. The molecule has 0 heterocycles. The van der Waals surface area contributed by atoms with Gasteiger partial charge in [0.25, 0.3) is 0 Å². The number of rotatable bonds is 12. The maximum absolute atomic E-state index is 13.1. The number of allylic oxidation sites excluding steroid dienone is 2. The highest BCUT2D eigenvalue weighted by molar-refractivity contribution is 5.68. The summed E-state index contributed by atoms with van der Waals surface area (Å²) >= 11 is 0. The Morgan fingerprint density at radius 3 is 2.11 bits per heavy atom. The molecule has 38 heavy (non-hydrogen) atoms. The molecule has 1 aliphatic rings. The molecule has 0 aromatic heterocycles. The van der Waals surface area contributed by atoms with Crippen LogP contribution in [0.1, 0.15) is 58.6 Å². The van der Waals surface area contributed by atoms with E-state index in [1.54, 1.807) is 4.90 Å². The molecule has 3 rings (SSSR count). The van der Waals surface area contributed by atoms with E-state index < -0.39 is 11.7 Å². The lowest BCUT2D eigenvalue weighted by molar-refractivity contribution is -0.00596. The Morgan fingerprint density at radius 1 is 0.921 bits per heavy atom. The fraction of sp³-hybridized carbons (Fsp3) is 0.485. The van der Waals surface area contributed by atoms with Gasteiger partial charge in [0.05, 0.1) is 12.6 Å². The van der Waals surface area contributed by atoms with Crippen LogP contribution in [0.5, 0.6) is 0 Å². The zero-order chi connectivity index (χ0) is 27.5. The van der Waals surface area contributed by atoms with Crippen LogP contribution in [0.15, 0.2) is 84.5 Å². The largest absolute Gasteiger partial charge is 0.444 e. The number of ether oxygens (including phenoxy) is 1. The van der Waals surface area contributed by atoms with Gasteiger partial charge < -0.3 is 14.7 Å². The van der Waals surface area contributed by atoms with Crippen molar-refractivity contribution in [1.82, 2.24) is 9.80 Å². The lowest BCUT2D eigenvalue weighted by atomic mass is 9.96. The molecule has 0 radical (unpaired) electrons. The minimum atomic E-state index is -0.765. The monoisotopic (exact) mass is 518 g/mol. The summed E-state index contributed by atoms with van der Waals surface area (Å²) in [6, 6.07) is 20.5. The summed E-state index contributed by atoms with van der Waals surface area (Å²) in [5.74, 6) is 0.250. The number of hydrogen-bond acceptors (Lipinski definition) is 4. The van der Waals surface area contributed by atoms with Crippen molar-refractivity contribution < 1.29 is 14.6 Å². The second kappa shape index (κ2) is 14.3. The van der Waals surface area contributed by atoms with Gasteiger partial charge in [0, 0.05) is 25.7 Å². The van der Waals surface area contributed by atoms with Crippen molar-refractivity contribution in [3.8, 4) is 0 Å². The molecule has 1 amide bonds. The van der Waals surface area contributed by atoms with Crippen LogP contribution in [0.4, 0.5) is 4.79 Å². The van der Waals surface area contributed by atoms with Crippen molar-refractivity contribution >= 4 is 6.09 Å². The van der Waals surface area contributed by atoms with Crippen molar-refractivity contribution in [3.63, 3.8) is 0 Å². The highest BCUT2D eigenvalue weighted by Crippen LogP contribution is 2.22. The quantitative estimate of drug-likeness (QED) is 0.343. The first-order valence-corrected chi connectivity index (χ1v) is 13.9. The number of aliphatic hydroxyl groups is 1. The first kappa shape index (κ1) is 29.7. The summed E-state index contributed by atoms with van der Waals surface area (Å²) in [7, 11) is 0. The zero-order valence-electron chi connectivity index (χ0n) is 23.8. The van der Waals surface area contributed by atoms with Crippen molar-refractivity contribution in [3.05, 3.63) is 95.6 Å². The Labute approximate surface area is 229 Å². The molecule has 0 saturated heterocycles. The van der Waals surface area contributed by atoms with Crippen LogP contribution in [0.25, 0.3) is 0 Å². The van der Waals surface area contributed by atoms with E-state index >= 15 is 0 Å². The van der Waals surface area contributed by atoms with E-state index in [1.165, 1.54) is 11.1 Å². The van der Waals surface area contributed by atoms with Crippen molar-refractivity contribution in [1.29, 1.82) is 0 Å². The minimum absolute atomic E-state index is 0.203. The zero-order valence-corrected chi connectivity index (χ0v) is 23.8. The molecule has 0 fully saturated rings. The lowest BCUT2D eigenvalue weighted by Crippen LogP contribution is -2.52. The molecule has 2 aromatic carbocycles. The molecule has 1 N–H and O–H groups in total. The molecule has 2 atom stereocenters. The van der Waals surface area contributed by atoms with Gasteiger partial charge in [-0.2, -0.15) is 0 Å². The lowest BCUT2D eigenvalue weighted by Gasteiger charge is -2.38. The third-order valence-electron chi connectivity index (χ3n) is 6.53. The highest BCUT2D eigenvalue weighted by atomic mass is 16.6. The number of hydrogen-bond donors (Lipinski definition) is 1. The van der Waals surface area contributed by atoms with E-state index in [0.29, 0.717) is 19.5 Å². The first-order valence-electron chi connectivity index (χ1n) is 13.9. The average molecular weight is 519 g/mol. The van der Waals surface area contributed by atoms with Gasteiger partial charge >= 0.3 is 6.09 Å². The van der Waals surface area contributed by atoms with E-state index in [0.717, 1.165) is 24.9 Å². The summed E-state index contributed by atoms with van der Waals surface area (Å²) in [5.41, 5.74) is 3.03. The van der Waals surface area contributed by atoms with Crippen molar-refractivity contribution in [2.75, 3.05) is 19.6 Å². The van der Waals surface area contributed by atoms with Gasteiger partial charge in [-0.1, -0.05) is 92.7 Å². The highest BCUT2D eigenvalue weighted by Gasteiger charge is 2.32. The SMILES string of the molecule is CC(C)CN(CC(O)C(Cc1ccccc1)N(CC1=CCCC=C1)Cc1ccccc1)C(=O)OC(C)(C)C. The normalized spacial score (nSPS) is 15.3. The summed E-state index contributed by atoms with van der Waals surface area (Å²) in [4.78, 5) is 17.2. The predicted octanol–water partition coefficient (Wildman–Crippen LogP) is 6.63. The average Bonchev–Trinajstić information content (AvgIpc) is 2.87. The summed E-state index contributed by atoms with van der Waals surface area (Å²) in [5, 5.41) is 11.9. The number of benzene rings is 2. The maximum atomic E-state index is 13.1. The van der Waals surface area contributed by atoms with E-state index in [2.05, 4.69) is 73.4 Å². The predicted molar refractivity (Wildman–Crippen MR) is 156 cm³/mol. The number of nitrogens with zero attached hydrogens (tertiary/aromatic N) is 2.